The molecule has 118 valence electrons. The zero-order chi connectivity index (χ0) is 16.3. The van der Waals surface area contributed by atoms with Crippen molar-refractivity contribution in [2.45, 2.75) is 26.4 Å². The molecule has 0 spiro atoms. The fraction of sp³-hybridized carbons (Fsp3) is 0.400. The summed E-state index contributed by atoms with van der Waals surface area (Å²) in [6.45, 7) is 3.91. The number of alkyl carbamates (subject to hydrolysis) is 1. The van der Waals surface area contributed by atoms with Crippen molar-refractivity contribution in [1.29, 1.82) is 0 Å². The number of methoxy groups -OCH3 is 1. The van der Waals surface area contributed by atoms with Crippen LogP contribution >= 0.6 is 0 Å². The first-order chi connectivity index (χ1) is 10.4. The van der Waals surface area contributed by atoms with Crippen LogP contribution in [0.15, 0.2) is 18.2 Å². The number of imidazole rings is 1. The fourth-order valence-electron chi connectivity index (χ4n) is 2.12. The monoisotopic (exact) mass is 304 g/mol. The maximum atomic E-state index is 11.9. The molecule has 22 heavy (non-hydrogen) atoms. The van der Waals surface area contributed by atoms with Crippen molar-refractivity contribution >= 4 is 23.0 Å². The van der Waals surface area contributed by atoms with Crippen molar-refractivity contribution < 1.29 is 14.3 Å². The van der Waals surface area contributed by atoms with E-state index in [1.165, 1.54) is 7.11 Å². The highest BCUT2D eigenvalue weighted by molar-refractivity contribution is 5.85. The Hall–Kier alpha value is -2.57. The van der Waals surface area contributed by atoms with Gasteiger partial charge in [-0.1, -0.05) is 6.07 Å². The van der Waals surface area contributed by atoms with Crippen molar-refractivity contribution in [3.05, 3.63) is 29.6 Å². The van der Waals surface area contributed by atoms with Gasteiger partial charge in [-0.25, -0.2) is 9.78 Å². The van der Waals surface area contributed by atoms with E-state index in [4.69, 9.17) is 0 Å². The van der Waals surface area contributed by atoms with Crippen LogP contribution < -0.4 is 10.6 Å². The van der Waals surface area contributed by atoms with Gasteiger partial charge in [0.05, 0.1) is 18.1 Å². The Bertz CT molecular complexity index is 708. The minimum atomic E-state index is -0.659. The fourth-order valence-corrected chi connectivity index (χ4v) is 2.12. The van der Waals surface area contributed by atoms with Gasteiger partial charge in [-0.15, -0.1) is 0 Å². The van der Waals surface area contributed by atoms with Crippen LogP contribution in [0.4, 0.5) is 4.79 Å². The summed E-state index contributed by atoms with van der Waals surface area (Å²) in [5.74, 6) is 0.662. The quantitative estimate of drug-likeness (QED) is 0.890. The molecule has 1 atom stereocenters. The molecule has 0 aliphatic heterocycles. The SMILES string of the molecule is COC(=O)NC(C)C(=O)NCc1ccc2c(c1)nc(C)n2C. The van der Waals surface area contributed by atoms with Gasteiger partial charge in [0.2, 0.25) is 5.91 Å². The highest BCUT2D eigenvalue weighted by Crippen LogP contribution is 2.16. The topological polar surface area (TPSA) is 85.2 Å². The second kappa shape index (κ2) is 6.46. The van der Waals surface area contributed by atoms with Crippen LogP contribution in [0.5, 0.6) is 0 Å². The molecule has 7 nitrogen and oxygen atoms in total. The molecule has 0 aliphatic carbocycles. The number of rotatable bonds is 4. The molecule has 7 heteroatoms. The number of ether oxygens (including phenoxy) is 1. The molecule has 1 aromatic carbocycles. The Kier molecular flexibility index (Phi) is 4.65. The Labute approximate surface area is 128 Å². The maximum absolute atomic E-state index is 11.9. The molecule has 1 heterocycles. The molecule has 0 aliphatic rings. The first-order valence-corrected chi connectivity index (χ1v) is 6.96. The summed E-state index contributed by atoms with van der Waals surface area (Å²) in [5.41, 5.74) is 2.89. The Morgan fingerprint density at radius 1 is 1.41 bits per heavy atom. The van der Waals surface area contributed by atoms with Crippen molar-refractivity contribution in [2.24, 2.45) is 7.05 Å². The Balaban J connectivity index is 1.99. The number of hydrogen-bond donors (Lipinski definition) is 2. The van der Waals surface area contributed by atoms with Gasteiger partial charge in [0.15, 0.2) is 0 Å². The van der Waals surface area contributed by atoms with Gasteiger partial charge >= 0.3 is 6.09 Å². The van der Waals surface area contributed by atoms with E-state index < -0.39 is 12.1 Å². The third-order valence-electron chi connectivity index (χ3n) is 3.55. The lowest BCUT2D eigenvalue weighted by molar-refractivity contribution is -0.122. The lowest BCUT2D eigenvalue weighted by Crippen LogP contribution is -2.44. The largest absolute Gasteiger partial charge is 0.453 e. The van der Waals surface area contributed by atoms with Crippen molar-refractivity contribution in [1.82, 2.24) is 20.2 Å². The normalized spacial score (nSPS) is 12.0. The number of amides is 2. The van der Waals surface area contributed by atoms with Gasteiger partial charge in [-0.05, 0) is 31.5 Å². The predicted molar refractivity (Wildman–Crippen MR) is 82.3 cm³/mol. The first kappa shape index (κ1) is 15.8. The van der Waals surface area contributed by atoms with Crippen LogP contribution in [0, 0.1) is 6.92 Å². The number of nitrogens with zero attached hydrogens (tertiary/aromatic N) is 2. The van der Waals surface area contributed by atoms with Gasteiger partial charge in [0.25, 0.3) is 0 Å². The van der Waals surface area contributed by atoms with Gasteiger partial charge < -0.3 is 19.9 Å². The third kappa shape index (κ3) is 3.36. The molecule has 1 unspecified atom stereocenters. The summed E-state index contributed by atoms with van der Waals surface area (Å²) in [6, 6.07) is 5.21. The molecule has 2 N–H and O–H groups in total. The van der Waals surface area contributed by atoms with E-state index in [0.717, 1.165) is 22.4 Å². The summed E-state index contributed by atoms with van der Waals surface area (Å²) in [7, 11) is 3.22. The van der Waals surface area contributed by atoms with E-state index in [-0.39, 0.29) is 5.91 Å². The van der Waals surface area contributed by atoms with Crippen LogP contribution in [0.25, 0.3) is 11.0 Å². The summed E-state index contributed by atoms with van der Waals surface area (Å²) in [4.78, 5) is 27.4. The minimum Gasteiger partial charge on any atom is -0.453 e. The number of hydrogen-bond acceptors (Lipinski definition) is 4. The number of benzene rings is 1. The molecular weight excluding hydrogens is 284 g/mol. The van der Waals surface area contributed by atoms with Crippen molar-refractivity contribution in [3.8, 4) is 0 Å². The lowest BCUT2D eigenvalue weighted by Gasteiger charge is -2.13. The maximum Gasteiger partial charge on any atom is 0.407 e. The van der Waals surface area contributed by atoms with Gasteiger partial charge in [-0.3, -0.25) is 4.79 Å². The van der Waals surface area contributed by atoms with E-state index in [2.05, 4.69) is 20.4 Å². The summed E-state index contributed by atoms with van der Waals surface area (Å²) in [6.07, 6.45) is -0.631. The average molecular weight is 304 g/mol. The minimum absolute atomic E-state index is 0.275. The number of nitrogens with one attached hydrogen (secondary N) is 2. The highest BCUT2D eigenvalue weighted by atomic mass is 16.5. The lowest BCUT2D eigenvalue weighted by atomic mass is 10.2. The molecule has 0 bridgehead atoms. The molecule has 0 saturated heterocycles. The van der Waals surface area contributed by atoms with E-state index in [1.54, 1.807) is 6.92 Å². The van der Waals surface area contributed by atoms with Crippen LogP contribution in [0.1, 0.15) is 18.3 Å². The number of carbonyl (C=O) groups excluding carboxylic acids is 2. The third-order valence-corrected chi connectivity index (χ3v) is 3.55. The van der Waals surface area contributed by atoms with Gasteiger partial charge in [-0.2, -0.15) is 0 Å². The Morgan fingerprint density at radius 3 is 2.82 bits per heavy atom. The number of aromatic nitrogens is 2. The second-order valence-corrected chi connectivity index (χ2v) is 5.12. The molecule has 0 fully saturated rings. The molecule has 0 radical (unpaired) electrons. The summed E-state index contributed by atoms with van der Waals surface area (Å²) < 4.78 is 6.47. The van der Waals surface area contributed by atoms with Gasteiger partial charge in [0.1, 0.15) is 11.9 Å². The first-order valence-electron chi connectivity index (χ1n) is 6.96. The number of aryl methyl sites for hydroxylation is 2. The molecule has 2 amide bonds. The number of carbonyl (C=O) groups is 2. The standard InChI is InChI=1S/C15H20N4O3/c1-9(17-15(21)22-4)14(20)16-8-11-5-6-13-12(7-11)18-10(2)19(13)3/h5-7,9H,8H2,1-4H3,(H,16,20)(H,17,21). The molecular formula is C15H20N4O3. The smallest absolute Gasteiger partial charge is 0.407 e. The zero-order valence-electron chi connectivity index (χ0n) is 13.1. The molecule has 0 saturated carbocycles. The Morgan fingerprint density at radius 2 is 2.14 bits per heavy atom. The molecule has 1 aromatic heterocycles. The van der Waals surface area contributed by atoms with Crippen molar-refractivity contribution in [2.75, 3.05) is 7.11 Å². The van der Waals surface area contributed by atoms with E-state index >= 15 is 0 Å². The van der Waals surface area contributed by atoms with Crippen LogP contribution in [0.2, 0.25) is 0 Å². The van der Waals surface area contributed by atoms with E-state index in [0.29, 0.717) is 6.54 Å². The van der Waals surface area contributed by atoms with Crippen LogP contribution in [-0.4, -0.2) is 34.7 Å². The second-order valence-electron chi connectivity index (χ2n) is 5.12. The van der Waals surface area contributed by atoms with Crippen molar-refractivity contribution in [3.63, 3.8) is 0 Å². The highest BCUT2D eigenvalue weighted by Gasteiger charge is 2.15. The molecule has 2 aromatic rings. The molecule has 2 rings (SSSR count). The predicted octanol–water partition coefficient (Wildman–Crippen LogP) is 1.24. The van der Waals surface area contributed by atoms with E-state index in [1.807, 2.05) is 36.7 Å². The van der Waals surface area contributed by atoms with Gasteiger partial charge in [0, 0.05) is 13.6 Å². The zero-order valence-corrected chi connectivity index (χ0v) is 13.1. The number of fused-ring (bicyclic) bond motifs is 1. The van der Waals surface area contributed by atoms with Crippen LogP contribution in [0.3, 0.4) is 0 Å². The van der Waals surface area contributed by atoms with Crippen LogP contribution in [-0.2, 0) is 23.1 Å². The summed E-state index contributed by atoms with van der Waals surface area (Å²) >= 11 is 0. The average Bonchev–Trinajstić information content (AvgIpc) is 2.78. The summed E-state index contributed by atoms with van der Waals surface area (Å²) in [5, 5.41) is 5.19. The van der Waals surface area contributed by atoms with E-state index in [9.17, 15) is 9.59 Å².